The summed E-state index contributed by atoms with van der Waals surface area (Å²) in [6.45, 7) is 4.22. The van der Waals surface area contributed by atoms with Crippen LogP contribution in [0.1, 0.15) is 48.9 Å². The summed E-state index contributed by atoms with van der Waals surface area (Å²) in [5.74, 6) is 0.883. The minimum absolute atomic E-state index is 0. The molecule has 2 fully saturated rings. The van der Waals surface area contributed by atoms with Crippen LogP contribution in [0.4, 0.5) is 10.5 Å². The van der Waals surface area contributed by atoms with Crippen LogP contribution >= 0.6 is 47.2 Å². The maximum Gasteiger partial charge on any atom is 0.410 e. The van der Waals surface area contributed by atoms with Gasteiger partial charge in [0.15, 0.2) is 6.10 Å². The lowest BCUT2D eigenvalue weighted by Gasteiger charge is -2.34. The Morgan fingerprint density at radius 3 is 2.37 bits per heavy atom. The van der Waals surface area contributed by atoms with Crippen LogP contribution in [-0.2, 0) is 4.74 Å². The maximum atomic E-state index is 13.1. The Labute approximate surface area is 274 Å². The molecule has 2 saturated heterocycles. The van der Waals surface area contributed by atoms with E-state index in [2.05, 4.69) is 10.2 Å². The summed E-state index contributed by atoms with van der Waals surface area (Å²) >= 11 is 18.6. The number of likely N-dealkylation sites (tertiary alicyclic amines) is 2. The minimum atomic E-state index is -0.491. The predicted molar refractivity (Wildman–Crippen MR) is 173 cm³/mol. The third-order valence-corrected chi connectivity index (χ3v) is 8.89. The van der Waals surface area contributed by atoms with Gasteiger partial charge in [-0.2, -0.15) is 0 Å². The number of nitrogens with one attached hydrogen (secondary N) is 1. The van der Waals surface area contributed by atoms with Gasteiger partial charge in [0.2, 0.25) is 0 Å². The molecule has 3 N–H and O–H groups in total. The van der Waals surface area contributed by atoms with Crippen molar-refractivity contribution in [2.45, 2.75) is 44.6 Å². The second-order valence-corrected chi connectivity index (χ2v) is 12.0. The van der Waals surface area contributed by atoms with E-state index < -0.39 is 6.10 Å². The molecule has 238 valence electrons. The fourth-order valence-corrected chi connectivity index (χ4v) is 5.79. The molecule has 2 aliphatic rings. The quantitative estimate of drug-likeness (QED) is 0.274. The molecular formula is C30H40Cl4N4O5. The number of nitrogens with zero attached hydrogens (tertiary/aromatic N) is 2. The highest BCUT2D eigenvalue weighted by atomic mass is 35.5. The van der Waals surface area contributed by atoms with E-state index in [9.17, 15) is 9.59 Å². The largest absolute Gasteiger partial charge is 0.496 e. The average molecular weight is 678 g/mol. The van der Waals surface area contributed by atoms with Gasteiger partial charge in [0.05, 0.1) is 28.4 Å². The van der Waals surface area contributed by atoms with Gasteiger partial charge in [-0.1, -0.05) is 53.7 Å². The van der Waals surface area contributed by atoms with Crippen molar-refractivity contribution < 1.29 is 23.8 Å². The zero-order valence-electron chi connectivity index (χ0n) is 24.3. The molecule has 43 heavy (non-hydrogen) atoms. The van der Waals surface area contributed by atoms with Crippen molar-refractivity contribution in [3.63, 3.8) is 0 Å². The van der Waals surface area contributed by atoms with Gasteiger partial charge in [-0.05, 0) is 62.9 Å². The van der Waals surface area contributed by atoms with Crippen LogP contribution in [-0.4, -0.2) is 80.9 Å². The van der Waals surface area contributed by atoms with E-state index >= 15 is 0 Å². The molecule has 0 aliphatic carbocycles. The number of nitrogen functional groups attached to an aromatic ring is 1. The van der Waals surface area contributed by atoms with Crippen molar-refractivity contribution in [3.05, 3.63) is 51.0 Å². The molecule has 13 heteroatoms. The molecular weight excluding hydrogens is 638 g/mol. The van der Waals surface area contributed by atoms with Crippen LogP contribution in [0.25, 0.3) is 0 Å². The van der Waals surface area contributed by atoms with E-state index in [-0.39, 0.29) is 31.0 Å². The summed E-state index contributed by atoms with van der Waals surface area (Å²) in [5.41, 5.74) is 6.54. The first-order chi connectivity index (χ1) is 20.2. The molecule has 4 rings (SSSR count). The summed E-state index contributed by atoms with van der Waals surface area (Å²) in [6, 6.07) is 8.29. The number of piperidine rings is 1. The lowest BCUT2D eigenvalue weighted by Crippen LogP contribution is -2.45. The third-order valence-electron chi connectivity index (χ3n) is 7.76. The first-order valence-corrected chi connectivity index (χ1v) is 15.5. The summed E-state index contributed by atoms with van der Waals surface area (Å²) in [4.78, 5) is 30.0. The predicted octanol–water partition coefficient (Wildman–Crippen LogP) is 6.56. The monoisotopic (exact) mass is 676 g/mol. The molecule has 2 aliphatic heterocycles. The van der Waals surface area contributed by atoms with Crippen LogP contribution in [0.3, 0.4) is 0 Å². The fraction of sp³-hybridized carbons (Fsp3) is 0.533. The van der Waals surface area contributed by atoms with Crippen molar-refractivity contribution in [1.82, 2.24) is 15.1 Å². The number of rotatable bonds is 10. The number of benzene rings is 2. The Bertz CT molecular complexity index is 1220. The van der Waals surface area contributed by atoms with Crippen molar-refractivity contribution in [2.24, 2.45) is 5.92 Å². The van der Waals surface area contributed by atoms with E-state index in [0.29, 0.717) is 69.9 Å². The van der Waals surface area contributed by atoms with Crippen molar-refractivity contribution in [1.29, 1.82) is 0 Å². The number of carbonyl (C=O) groups is 2. The number of ether oxygens (including phenoxy) is 3. The van der Waals surface area contributed by atoms with Crippen LogP contribution in [0.5, 0.6) is 11.5 Å². The summed E-state index contributed by atoms with van der Waals surface area (Å²) in [6.07, 6.45) is 5.18. The lowest BCUT2D eigenvalue weighted by molar-refractivity contribution is 0.0148. The van der Waals surface area contributed by atoms with Crippen molar-refractivity contribution in [3.8, 4) is 11.5 Å². The molecule has 1 atom stereocenters. The molecule has 0 bridgehead atoms. The number of halogens is 4. The van der Waals surface area contributed by atoms with Gasteiger partial charge in [0.1, 0.15) is 23.1 Å². The number of hydrogen-bond acceptors (Lipinski definition) is 7. The molecule has 0 spiro atoms. The smallest absolute Gasteiger partial charge is 0.410 e. The lowest BCUT2D eigenvalue weighted by atomic mass is 9.96. The van der Waals surface area contributed by atoms with Crippen LogP contribution < -0.4 is 20.5 Å². The normalized spacial score (nSPS) is 16.9. The first-order valence-electron chi connectivity index (χ1n) is 14.4. The zero-order chi connectivity index (χ0) is 30.1. The van der Waals surface area contributed by atoms with Gasteiger partial charge in [-0.3, -0.25) is 9.69 Å². The SMILES string of the molecule is COc1cc(N)c(Cl)cc1C(=O)NCC1CCN(CC(COc2cccc(Cl)c2Cl)OC(=O)N2CCCCCC2)CC1.Cl. The number of hydrogen-bond donors (Lipinski definition) is 2. The highest BCUT2D eigenvalue weighted by Gasteiger charge is 2.27. The number of methoxy groups -OCH3 is 1. The topological polar surface area (TPSA) is 106 Å². The Morgan fingerprint density at radius 1 is 1.00 bits per heavy atom. The van der Waals surface area contributed by atoms with Crippen molar-refractivity contribution >= 4 is 64.9 Å². The zero-order valence-corrected chi connectivity index (χ0v) is 27.4. The molecule has 0 radical (unpaired) electrons. The average Bonchev–Trinajstić information content (AvgIpc) is 3.28. The Hall–Kier alpha value is -2.30. The van der Waals surface area contributed by atoms with Gasteiger partial charge < -0.3 is 30.2 Å². The number of nitrogens with two attached hydrogens (primary N) is 1. The molecule has 2 amide bonds. The molecule has 2 heterocycles. The van der Waals surface area contributed by atoms with Gasteiger partial charge in [-0.15, -0.1) is 12.4 Å². The van der Waals surface area contributed by atoms with E-state index in [1.807, 2.05) is 0 Å². The van der Waals surface area contributed by atoms with E-state index in [4.69, 9.17) is 54.7 Å². The highest BCUT2D eigenvalue weighted by Crippen LogP contribution is 2.32. The molecule has 0 saturated carbocycles. The second kappa shape index (κ2) is 17.3. The summed E-state index contributed by atoms with van der Waals surface area (Å²) < 4.78 is 17.3. The van der Waals surface area contributed by atoms with E-state index in [1.54, 1.807) is 29.2 Å². The standard InChI is InChI=1S/C30H39Cl3N4O5.ClH/c1-40-27-16-25(34)24(32)15-22(27)29(38)35-17-20-9-13-36(14-10-20)18-21(19-41-26-8-6-7-23(31)28(26)33)42-30(39)37-11-4-2-3-5-12-37;/h6-8,15-16,20-21H,2-5,9-14,17-19,34H2,1H3,(H,35,38);1H. The van der Waals surface area contributed by atoms with Crippen molar-refractivity contribution in [2.75, 3.05) is 58.7 Å². The van der Waals surface area contributed by atoms with Gasteiger partial charge in [0, 0.05) is 32.2 Å². The highest BCUT2D eigenvalue weighted by molar-refractivity contribution is 6.42. The van der Waals surface area contributed by atoms with E-state index in [0.717, 1.165) is 51.6 Å². The van der Waals surface area contributed by atoms with Gasteiger partial charge >= 0.3 is 6.09 Å². The van der Waals surface area contributed by atoms with Gasteiger partial charge in [0.25, 0.3) is 5.91 Å². The Balaban J connectivity index is 0.00000506. The fourth-order valence-electron chi connectivity index (χ4n) is 5.28. The summed E-state index contributed by atoms with van der Waals surface area (Å²) in [5, 5.41) is 4.05. The molecule has 0 aromatic heterocycles. The van der Waals surface area contributed by atoms with Crippen LogP contribution in [0, 0.1) is 5.92 Å². The molecule has 1 unspecified atom stereocenters. The number of carbonyl (C=O) groups excluding carboxylic acids is 2. The minimum Gasteiger partial charge on any atom is -0.496 e. The van der Waals surface area contributed by atoms with Gasteiger partial charge in [-0.25, -0.2) is 4.79 Å². The van der Waals surface area contributed by atoms with Crippen LogP contribution in [0.15, 0.2) is 30.3 Å². The molecule has 9 nitrogen and oxygen atoms in total. The Kier molecular flexibility index (Phi) is 14.1. The number of amides is 2. The number of anilines is 1. The molecule has 2 aromatic carbocycles. The third kappa shape index (κ3) is 10.1. The van der Waals surface area contributed by atoms with E-state index in [1.165, 1.54) is 13.2 Å². The molecule has 2 aromatic rings. The maximum absolute atomic E-state index is 13.1. The Morgan fingerprint density at radius 2 is 1.70 bits per heavy atom. The summed E-state index contributed by atoms with van der Waals surface area (Å²) in [7, 11) is 1.49. The first kappa shape index (κ1) is 35.2. The van der Waals surface area contributed by atoms with Crippen LogP contribution in [0.2, 0.25) is 15.1 Å². The second-order valence-electron chi connectivity index (χ2n) is 10.8.